The van der Waals surface area contributed by atoms with Crippen LogP contribution in [-0.2, 0) is 11.3 Å². The Morgan fingerprint density at radius 2 is 2.56 bits per heavy atom. The maximum absolute atomic E-state index is 5.55. The Balaban J connectivity index is 1.72. The second kappa shape index (κ2) is 4.05. The Bertz CT molecular complexity index is 443. The largest absolute Gasteiger partial charge is 0.376 e. The Kier molecular flexibility index (Phi) is 2.41. The van der Waals surface area contributed by atoms with Crippen LogP contribution in [0.2, 0.25) is 0 Å². The molecule has 0 aliphatic carbocycles. The van der Waals surface area contributed by atoms with Crippen molar-refractivity contribution >= 4 is 0 Å². The van der Waals surface area contributed by atoms with Gasteiger partial charge in [-0.15, -0.1) is 5.10 Å². The van der Waals surface area contributed by atoms with Crippen LogP contribution in [-0.4, -0.2) is 37.9 Å². The van der Waals surface area contributed by atoms with Gasteiger partial charge < -0.3 is 4.74 Å². The molecule has 3 heterocycles. The Labute approximate surface area is 92.6 Å². The van der Waals surface area contributed by atoms with Gasteiger partial charge in [0.1, 0.15) is 5.69 Å². The van der Waals surface area contributed by atoms with E-state index in [1.165, 1.54) is 0 Å². The Hall–Kier alpha value is -1.69. The highest BCUT2D eigenvalue weighted by Gasteiger charge is 2.16. The van der Waals surface area contributed by atoms with E-state index >= 15 is 0 Å². The van der Waals surface area contributed by atoms with Gasteiger partial charge in [-0.25, -0.2) is 4.68 Å². The molecule has 1 N–H and O–H groups in total. The van der Waals surface area contributed by atoms with Crippen molar-refractivity contribution in [1.29, 1.82) is 0 Å². The van der Waals surface area contributed by atoms with Crippen LogP contribution in [0.15, 0.2) is 18.5 Å². The minimum absolute atomic E-state index is 0.288. The van der Waals surface area contributed by atoms with Crippen LogP contribution in [0.5, 0.6) is 0 Å². The number of nitrogens with zero attached hydrogens (tertiary/aromatic N) is 4. The van der Waals surface area contributed by atoms with Gasteiger partial charge >= 0.3 is 0 Å². The van der Waals surface area contributed by atoms with E-state index in [1.54, 1.807) is 6.20 Å². The van der Waals surface area contributed by atoms with Crippen molar-refractivity contribution in [2.45, 2.75) is 25.5 Å². The van der Waals surface area contributed by atoms with Crippen molar-refractivity contribution in [1.82, 2.24) is 25.2 Å². The molecular weight excluding hydrogens is 206 g/mol. The fourth-order valence-electron chi connectivity index (χ4n) is 1.91. The van der Waals surface area contributed by atoms with Crippen molar-refractivity contribution in [3.05, 3.63) is 18.5 Å². The predicted molar refractivity (Wildman–Crippen MR) is 56.6 cm³/mol. The highest BCUT2D eigenvalue weighted by Crippen LogP contribution is 2.15. The number of H-pyrrole nitrogens is 1. The van der Waals surface area contributed by atoms with Crippen LogP contribution in [0.1, 0.15) is 12.8 Å². The lowest BCUT2D eigenvalue weighted by Crippen LogP contribution is -2.15. The van der Waals surface area contributed by atoms with E-state index in [2.05, 4.69) is 20.5 Å². The molecule has 1 unspecified atom stereocenters. The number of ether oxygens (including phenoxy) is 1. The van der Waals surface area contributed by atoms with Crippen LogP contribution >= 0.6 is 0 Å². The molecule has 1 saturated heterocycles. The van der Waals surface area contributed by atoms with Crippen LogP contribution in [0, 0.1) is 0 Å². The van der Waals surface area contributed by atoms with Gasteiger partial charge in [-0.2, -0.15) is 5.10 Å². The summed E-state index contributed by atoms with van der Waals surface area (Å²) in [7, 11) is 0. The lowest BCUT2D eigenvalue weighted by atomic mass is 10.2. The second-order valence-corrected chi connectivity index (χ2v) is 3.93. The molecule has 6 nitrogen and oxygen atoms in total. The smallest absolute Gasteiger partial charge is 0.130 e. The van der Waals surface area contributed by atoms with Gasteiger partial charge in [-0.1, -0.05) is 5.21 Å². The van der Waals surface area contributed by atoms with Crippen molar-refractivity contribution in [3.8, 4) is 11.4 Å². The summed E-state index contributed by atoms with van der Waals surface area (Å²) in [6.45, 7) is 1.65. The van der Waals surface area contributed by atoms with E-state index in [0.717, 1.165) is 37.4 Å². The van der Waals surface area contributed by atoms with Gasteiger partial charge in [0.05, 0.1) is 24.5 Å². The number of hydrogen-bond acceptors (Lipinski definition) is 4. The quantitative estimate of drug-likeness (QED) is 0.830. The van der Waals surface area contributed by atoms with Crippen molar-refractivity contribution < 1.29 is 4.74 Å². The molecule has 0 saturated carbocycles. The summed E-state index contributed by atoms with van der Waals surface area (Å²) in [5.41, 5.74) is 1.70. The van der Waals surface area contributed by atoms with Gasteiger partial charge in [-0.05, 0) is 18.9 Å². The summed E-state index contributed by atoms with van der Waals surface area (Å²) in [5.74, 6) is 0. The number of aromatic amines is 1. The zero-order valence-corrected chi connectivity index (χ0v) is 8.83. The second-order valence-electron chi connectivity index (χ2n) is 3.93. The lowest BCUT2D eigenvalue weighted by molar-refractivity contribution is 0.0935. The zero-order chi connectivity index (χ0) is 10.8. The van der Waals surface area contributed by atoms with Crippen LogP contribution < -0.4 is 0 Å². The first-order valence-electron chi connectivity index (χ1n) is 5.43. The molecule has 0 amide bonds. The minimum Gasteiger partial charge on any atom is -0.376 e. The molecule has 1 fully saturated rings. The average Bonchev–Trinajstić information content (AvgIpc) is 2.99. The van der Waals surface area contributed by atoms with E-state index in [-0.39, 0.29) is 6.10 Å². The zero-order valence-electron chi connectivity index (χ0n) is 8.83. The van der Waals surface area contributed by atoms with Crippen LogP contribution in [0.3, 0.4) is 0 Å². The molecule has 16 heavy (non-hydrogen) atoms. The lowest BCUT2D eigenvalue weighted by Gasteiger charge is -2.07. The molecule has 1 aliphatic rings. The summed E-state index contributed by atoms with van der Waals surface area (Å²) in [6, 6.07) is 1.88. The van der Waals surface area contributed by atoms with Gasteiger partial charge in [0.25, 0.3) is 0 Å². The van der Waals surface area contributed by atoms with Gasteiger partial charge in [0, 0.05) is 12.8 Å². The van der Waals surface area contributed by atoms with Crippen molar-refractivity contribution in [2.24, 2.45) is 0 Å². The highest BCUT2D eigenvalue weighted by molar-refractivity contribution is 5.50. The van der Waals surface area contributed by atoms with Crippen LogP contribution in [0.25, 0.3) is 11.4 Å². The molecule has 0 radical (unpaired) electrons. The molecule has 2 aromatic heterocycles. The minimum atomic E-state index is 0.288. The highest BCUT2D eigenvalue weighted by atomic mass is 16.5. The summed E-state index contributed by atoms with van der Waals surface area (Å²) in [5, 5.41) is 14.9. The first-order chi connectivity index (χ1) is 7.92. The first kappa shape index (κ1) is 9.53. The molecule has 0 spiro atoms. The third-order valence-corrected chi connectivity index (χ3v) is 2.73. The van der Waals surface area contributed by atoms with E-state index in [4.69, 9.17) is 4.74 Å². The molecule has 1 atom stereocenters. The monoisotopic (exact) mass is 219 g/mol. The number of nitrogens with one attached hydrogen (secondary N) is 1. The van der Waals surface area contributed by atoms with Crippen molar-refractivity contribution in [2.75, 3.05) is 6.61 Å². The topological polar surface area (TPSA) is 68.6 Å². The van der Waals surface area contributed by atoms with Crippen molar-refractivity contribution in [3.63, 3.8) is 0 Å². The fourth-order valence-corrected chi connectivity index (χ4v) is 1.91. The van der Waals surface area contributed by atoms with E-state index in [1.807, 2.05) is 16.9 Å². The summed E-state index contributed by atoms with van der Waals surface area (Å²) in [4.78, 5) is 0. The van der Waals surface area contributed by atoms with Gasteiger partial charge in [0.15, 0.2) is 0 Å². The van der Waals surface area contributed by atoms with Crippen LogP contribution in [0.4, 0.5) is 0 Å². The first-order valence-corrected chi connectivity index (χ1v) is 5.43. The average molecular weight is 219 g/mol. The number of aromatic nitrogens is 5. The number of hydrogen-bond donors (Lipinski definition) is 1. The van der Waals surface area contributed by atoms with Gasteiger partial charge in [0.2, 0.25) is 0 Å². The Morgan fingerprint density at radius 3 is 3.31 bits per heavy atom. The normalized spacial score (nSPS) is 20.4. The molecule has 3 rings (SSSR count). The maximum Gasteiger partial charge on any atom is 0.130 e. The molecular formula is C10H13N5O. The summed E-state index contributed by atoms with van der Waals surface area (Å²) >= 11 is 0. The summed E-state index contributed by atoms with van der Waals surface area (Å²) < 4.78 is 7.37. The molecule has 1 aliphatic heterocycles. The SMILES string of the molecule is c1cc(-c2cn(CC3CCCO3)nn2)[nH]n1. The van der Waals surface area contributed by atoms with E-state index < -0.39 is 0 Å². The third kappa shape index (κ3) is 1.83. The molecule has 6 heteroatoms. The molecule has 0 aromatic carbocycles. The van der Waals surface area contributed by atoms with Gasteiger partial charge in [-0.3, -0.25) is 5.10 Å². The molecule has 84 valence electrons. The molecule has 2 aromatic rings. The third-order valence-electron chi connectivity index (χ3n) is 2.73. The summed E-state index contributed by atoms with van der Waals surface area (Å²) in [6.07, 6.45) is 6.16. The molecule has 0 bridgehead atoms. The standard InChI is InChI=1S/C10H13N5O/c1-2-8(16-5-1)6-15-7-10(13-14-15)9-3-4-11-12-9/h3-4,7-8H,1-2,5-6H2,(H,11,12). The Morgan fingerprint density at radius 1 is 1.56 bits per heavy atom. The predicted octanol–water partition coefficient (Wildman–Crippen LogP) is 0.847. The van der Waals surface area contributed by atoms with E-state index in [0.29, 0.717) is 0 Å². The number of rotatable bonds is 3. The maximum atomic E-state index is 5.55. The van der Waals surface area contributed by atoms with E-state index in [9.17, 15) is 0 Å². The fraction of sp³-hybridized carbons (Fsp3) is 0.500.